The summed E-state index contributed by atoms with van der Waals surface area (Å²) in [7, 11) is -3.23. The molecule has 2 aromatic carbocycles. The third-order valence-corrected chi connectivity index (χ3v) is 7.06. The summed E-state index contributed by atoms with van der Waals surface area (Å²) in [5.41, 5.74) is 3.78. The molecule has 5 nitrogen and oxygen atoms in total. The van der Waals surface area contributed by atoms with E-state index < -0.39 is 10.0 Å². The highest BCUT2D eigenvalue weighted by Crippen LogP contribution is 2.30. The van der Waals surface area contributed by atoms with Crippen molar-refractivity contribution in [1.29, 1.82) is 0 Å². The summed E-state index contributed by atoms with van der Waals surface area (Å²) in [5.74, 6) is -0.0682. The largest absolute Gasteiger partial charge is 0.321 e. The van der Waals surface area contributed by atoms with Crippen molar-refractivity contribution in [2.24, 2.45) is 0 Å². The van der Waals surface area contributed by atoms with Crippen LogP contribution >= 0.6 is 11.6 Å². The van der Waals surface area contributed by atoms with E-state index in [2.05, 4.69) is 5.32 Å². The monoisotopic (exact) mass is 406 g/mol. The lowest BCUT2D eigenvalue weighted by atomic mass is 10.0. The second-order valence-electron chi connectivity index (χ2n) is 6.51. The zero-order valence-corrected chi connectivity index (χ0v) is 17.0. The van der Waals surface area contributed by atoms with Gasteiger partial charge in [-0.3, -0.25) is 9.10 Å². The van der Waals surface area contributed by atoms with Crippen molar-refractivity contribution in [3.05, 3.63) is 58.1 Å². The van der Waals surface area contributed by atoms with Crippen molar-refractivity contribution < 1.29 is 13.2 Å². The van der Waals surface area contributed by atoms with Gasteiger partial charge in [0, 0.05) is 22.8 Å². The van der Waals surface area contributed by atoms with Gasteiger partial charge in [0.25, 0.3) is 5.91 Å². The molecule has 0 aromatic heterocycles. The van der Waals surface area contributed by atoms with E-state index in [1.54, 1.807) is 24.3 Å². The molecule has 3 rings (SSSR count). The number of nitrogens with zero attached hydrogens (tertiary/aromatic N) is 1. The average Bonchev–Trinajstić information content (AvgIpc) is 3.01. The number of halogens is 1. The summed E-state index contributed by atoms with van der Waals surface area (Å²) in [5, 5.41) is 3.63. The second kappa shape index (κ2) is 7.90. The smallest absolute Gasteiger partial charge is 0.255 e. The van der Waals surface area contributed by atoms with Gasteiger partial charge in [-0.05, 0) is 60.7 Å². The summed E-state index contributed by atoms with van der Waals surface area (Å²) in [6.45, 7) is 4.52. The molecule has 0 atom stereocenters. The Labute approximate surface area is 165 Å². The number of hydrogen-bond donors (Lipinski definition) is 1. The van der Waals surface area contributed by atoms with E-state index in [1.165, 1.54) is 4.31 Å². The van der Waals surface area contributed by atoms with Gasteiger partial charge in [0.05, 0.1) is 11.4 Å². The number of benzene rings is 2. The highest BCUT2D eigenvalue weighted by Gasteiger charge is 2.28. The van der Waals surface area contributed by atoms with Crippen molar-refractivity contribution in [1.82, 2.24) is 0 Å². The number of anilines is 2. The van der Waals surface area contributed by atoms with Crippen LogP contribution in [0.4, 0.5) is 11.4 Å². The zero-order valence-electron chi connectivity index (χ0n) is 15.5. The maximum atomic E-state index is 12.7. The number of aryl methyl sites for hydroxylation is 1. The van der Waals surface area contributed by atoms with Crippen LogP contribution in [0.3, 0.4) is 0 Å². The Morgan fingerprint density at radius 1 is 1.11 bits per heavy atom. The third kappa shape index (κ3) is 3.96. The molecular weight excluding hydrogens is 384 g/mol. The van der Waals surface area contributed by atoms with E-state index in [4.69, 9.17) is 11.6 Å². The molecule has 1 saturated heterocycles. The molecule has 1 aliphatic rings. The summed E-state index contributed by atoms with van der Waals surface area (Å²) in [6, 6.07) is 10.5. The molecule has 27 heavy (non-hydrogen) atoms. The van der Waals surface area contributed by atoms with Gasteiger partial charge in [-0.1, -0.05) is 31.5 Å². The van der Waals surface area contributed by atoms with Crippen molar-refractivity contribution in [3.8, 4) is 0 Å². The van der Waals surface area contributed by atoms with Crippen LogP contribution in [0.25, 0.3) is 0 Å². The van der Waals surface area contributed by atoms with Crippen molar-refractivity contribution in [2.75, 3.05) is 21.9 Å². The Kier molecular flexibility index (Phi) is 5.77. The molecule has 2 aromatic rings. The molecule has 0 spiro atoms. The fraction of sp³-hybridized carbons (Fsp3) is 0.350. The number of hydrogen-bond acceptors (Lipinski definition) is 3. The van der Waals surface area contributed by atoms with Crippen LogP contribution in [0, 0.1) is 0 Å². The van der Waals surface area contributed by atoms with Gasteiger partial charge in [-0.25, -0.2) is 8.42 Å². The van der Waals surface area contributed by atoms with Crippen LogP contribution in [-0.2, 0) is 22.9 Å². The summed E-state index contributed by atoms with van der Waals surface area (Å²) in [4.78, 5) is 12.7. The second-order valence-corrected chi connectivity index (χ2v) is 8.93. The Hall–Kier alpha value is -2.05. The Bertz CT molecular complexity index is 956. The minimum absolute atomic E-state index is 0.170. The minimum Gasteiger partial charge on any atom is -0.321 e. The standard InChI is InChI=1S/C20H23ClN2O3S/c1-3-14-8-11-18(21)17(4-2)19(14)22-20(24)15-6-9-16(10-7-15)23-12-5-13-27(23,25)26/h6-11H,3-5,12-13H2,1-2H3,(H,22,24). The van der Waals surface area contributed by atoms with Crippen LogP contribution in [-0.4, -0.2) is 26.6 Å². The van der Waals surface area contributed by atoms with Crippen LogP contribution in [0.2, 0.25) is 5.02 Å². The number of nitrogens with one attached hydrogen (secondary N) is 1. The molecule has 144 valence electrons. The molecule has 1 fully saturated rings. The fourth-order valence-corrected chi connectivity index (χ4v) is 5.22. The topological polar surface area (TPSA) is 66.5 Å². The van der Waals surface area contributed by atoms with Crippen molar-refractivity contribution >= 4 is 38.9 Å². The maximum absolute atomic E-state index is 12.7. The molecular formula is C20H23ClN2O3S. The van der Waals surface area contributed by atoms with Gasteiger partial charge >= 0.3 is 0 Å². The summed E-state index contributed by atoms with van der Waals surface area (Å²) >= 11 is 6.29. The quantitative estimate of drug-likeness (QED) is 0.806. The molecule has 0 aliphatic carbocycles. The van der Waals surface area contributed by atoms with Gasteiger partial charge in [0.15, 0.2) is 0 Å². The number of sulfonamides is 1. The van der Waals surface area contributed by atoms with Gasteiger partial charge in [-0.15, -0.1) is 0 Å². The molecule has 1 aliphatic heterocycles. The van der Waals surface area contributed by atoms with Crippen LogP contribution in [0.5, 0.6) is 0 Å². The number of amides is 1. The summed E-state index contributed by atoms with van der Waals surface area (Å²) < 4.78 is 25.5. The van der Waals surface area contributed by atoms with E-state index in [-0.39, 0.29) is 11.7 Å². The minimum atomic E-state index is -3.23. The van der Waals surface area contributed by atoms with Gasteiger partial charge in [0.2, 0.25) is 10.0 Å². The number of carbonyl (C=O) groups excluding carboxylic acids is 1. The molecule has 0 saturated carbocycles. The first-order valence-electron chi connectivity index (χ1n) is 9.09. The lowest BCUT2D eigenvalue weighted by molar-refractivity contribution is 0.102. The van der Waals surface area contributed by atoms with Crippen LogP contribution in [0.15, 0.2) is 36.4 Å². The van der Waals surface area contributed by atoms with Crippen LogP contribution < -0.4 is 9.62 Å². The highest BCUT2D eigenvalue weighted by atomic mass is 35.5. The molecule has 1 amide bonds. The van der Waals surface area contributed by atoms with Gasteiger partial charge < -0.3 is 5.32 Å². The lowest BCUT2D eigenvalue weighted by Gasteiger charge is -2.18. The molecule has 0 unspecified atom stereocenters. The SMILES string of the molecule is CCc1ccc(Cl)c(CC)c1NC(=O)c1ccc(N2CCCS2(=O)=O)cc1. The summed E-state index contributed by atoms with van der Waals surface area (Å²) in [6.07, 6.45) is 2.12. The van der Waals surface area contributed by atoms with Crippen molar-refractivity contribution in [3.63, 3.8) is 0 Å². The van der Waals surface area contributed by atoms with E-state index in [9.17, 15) is 13.2 Å². The molecule has 0 bridgehead atoms. The predicted octanol–water partition coefficient (Wildman–Crippen LogP) is 4.26. The van der Waals surface area contributed by atoms with Gasteiger partial charge in [-0.2, -0.15) is 0 Å². The fourth-order valence-electron chi connectivity index (χ4n) is 3.36. The van der Waals surface area contributed by atoms with E-state index in [1.807, 2.05) is 26.0 Å². The third-order valence-electron chi connectivity index (χ3n) is 4.83. The van der Waals surface area contributed by atoms with Crippen molar-refractivity contribution in [2.45, 2.75) is 33.1 Å². The first kappa shape index (κ1) is 19.7. The van der Waals surface area contributed by atoms with Crippen LogP contribution in [0.1, 0.15) is 41.8 Å². The average molecular weight is 407 g/mol. The van der Waals surface area contributed by atoms with E-state index in [0.29, 0.717) is 35.7 Å². The molecule has 1 N–H and O–H groups in total. The number of rotatable bonds is 5. The molecule has 0 radical (unpaired) electrons. The Balaban J connectivity index is 1.85. The normalized spacial score (nSPS) is 15.7. The molecule has 1 heterocycles. The van der Waals surface area contributed by atoms with E-state index >= 15 is 0 Å². The Morgan fingerprint density at radius 2 is 1.81 bits per heavy atom. The Morgan fingerprint density at radius 3 is 2.37 bits per heavy atom. The maximum Gasteiger partial charge on any atom is 0.255 e. The zero-order chi connectivity index (χ0) is 19.6. The molecule has 7 heteroatoms. The first-order valence-corrected chi connectivity index (χ1v) is 11.1. The van der Waals surface area contributed by atoms with Gasteiger partial charge in [0.1, 0.15) is 0 Å². The predicted molar refractivity (Wildman–Crippen MR) is 110 cm³/mol. The number of carbonyl (C=O) groups is 1. The lowest BCUT2D eigenvalue weighted by Crippen LogP contribution is -2.25. The first-order chi connectivity index (χ1) is 12.9. The van der Waals surface area contributed by atoms with E-state index in [0.717, 1.165) is 23.2 Å². The highest BCUT2D eigenvalue weighted by molar-refractivity contribution is 7.93.